The van der Waals surface area contributed by atoms with Crippen molar-refractivity contribution >= 4 is 17.0 Å². The highest BCUT2D eigenvalue weighted by Gasteiger charge is 2.29. The Labute approximate surface area is 103 Å². The smallest absolute Gasteiger partial charge is 0.408 e. The summed E-state index contributed by atoms with van der Waals surface area (Å²) in [6, 6.07) is 7.08. The fourth-order valence-corrected chi connectivity index (χ4v) is 1.83. The van der Waals surface area contributed by atoms with Gasteiger partial charge in [0.2, 0.25) is 5.91 Å². The number of rotatable bonds is 3. The third-order valence-electron chi connectivity index (χ3n) is 2.87. The van der Waals surface area contributed by atoms with Gasteiger partial charge in [0.1, 0.15) is 0 Å². The number of benzene rings is 1. The maximum Gasteiger partial charge on any atom is 0.419 e. The topological polar surface area (TPSA) is 90.3 Å². The average Bonchev–Trinajstić information content (AvgIpc) is 2.65. The molecule has 0 aliphatic carbocycles. The van der Waals surface area contributed by atoms with Crippen molar-refractivity contribution in [2.24, 2.45) is 11.3 Å². The molecule has 0 saturated heterocycles. The van der Waals surface area contributed by atoms with Gasteiger partial charge in [0.05, 0.1) is 10.9 Å². The first-order chi connectivity index (χ1) is 8.45. The molecule has 0 aliphatic heterocycles. The summed E-state index contributed by atoms with van der Waals surface area (Å²) in [5.74, 6) is 4.32. The van der Waals surface area contributed by atoms with Crippen molar-refractivity contribution in [3.8, 4) is 0 Å². The molecular formula is C12H15N3O3. The Hall–Kier alpha value is -2.08. The van der Waals surface area contributed by atoms with E-state index in [9.17, 15) is 9.59 Å². The lowest BCUT2D eigenvalue weighted by atomic mass is 9.92. The zero-order valence-electron chi connectivity index (χ0n) is 10.3. The molecule has 2 aromatic rings. The van der Waals surface area contributed by atoms with Crippen molar-refractivity contribution in [2.45, 2.75) is 20.4 Å². The Morgan fingerprint density at radius 3 is 2.78 bits per heavy atom. The van der Waals surface area contributed by atoms with Crippen LogP contribution in [0.5, 0.6) is 0 Å². The van der Waals surface area contributed by atoms with Gasteiger partial charge in [-0.3, -0.25) is 14.8 Å². The number of carbonyl (C=O) groups excluding carboxylic acids is 1. The molecule has 6 nitrogen and oxygen atoms in total. The summed E-state index contributed by atoms with van der Waals surface area (Å²) in [5, 5.41) is 0. The number of carbonyl (C=O) groups is 1. The number of fused-ring (bicyclic) bond motifs is 1. The lowest BCUT2D eigenvalue weighted by Crippen LogP contribution is -2.44. The second kappa shape index (κ2) is 4.30. The number of hydrogen-bond donors (Lipinski definition) is 2. The molecule has 0 spiro atoms. The SMILES string of the molecule is CC(C)(Cn1c(=O)oc2ccccc21)C(=O)NN. The Bertz CT molecular complexity index is 639. The van der Waals surface area contributed by atoms with Crippen LogP contribution in [0.3, 0.4) is 0 Å². The van der Waals surface area contributed by atoms with E-state index in [1.165, 1.54) is 4.57 Å². The van der Waals surface area contributed by atoms with E-state index < -0.39 is 11.2 Å². The maximum atomic E-state index is 11.8. The molecule has 0 bridgehead atoms. The number of hydrogen-bond acceptors (Lipinski definition) is 4. The molecule has 0 fully saturated rings. The molecule has 6 heteroatoms. The second-order valence-electron chi connectivity index (χ2n) is 4.78. The number of nitrogens with two attached hydrogens (primary N) is 1. The van der Waals surface area contributed by atoms with Gasteiger partial charge in [-0.2, -0.15) is 0 Å². The Kier molecular flexibility index (Phi) is 2.96. The summed E-state index contributed by atoms with van der Waals surface area (Å²) in [6.07, 6.45) is 0. The monoisotopic (exact) mass is 249 g/mol. The highest BCUT2D eigenvalue weighted by Crippen LogP contribution is 2.20. The number of oxazole rings is 1. The molecule has 18 heavy (non-hydrogen) atoms. The predicted octanol–water partition coefficient (Wildman–Crippen LogP) is 0.611. The van der Waals surface area contributed by atoms with E-state index in [0.29, 0.717) is 11.1 Å². The van der Waals surface area contributed by atoms with E-state index in [2.05, 4.69) is 5.43 Å². The van der Waals surface area contributed by atoms with Crippen molar-refractivity contribution in [1.29, 1.82) is 0 Å². The number of nitrogens with zero attached hydrogens (tertiary/aromatic N) is 1. The van der Waals surface area contributed by atoms with Crippen LogP contribution < -0.4 is 17.0 Å². The molecule has 96 valence electrons. The van der Waals surface area contributed by atoms with Crippen molar-refractivity contribution in [1.82, 2.24) is 9.99 Å². The van der Waals surface area contributed by atoms with E-state index in [0.717, 1.165) is 0 Å². The molecule has 0 radical (unpaired) electrons. The normalized spacial score (nSPS) is 11.7. The molecule has 0 unspecified atom stereocenters. The van der Waals surface area contributed by atoms with Crippen LogP contribution in [0.1, 0.15) is 13.8 Å². The predicted molar refractivity (Wildman–Crippen MR) is 66.6 cm³/mol. The first-order valence-electron chi connectivity index (χ1n) is 5.55. The molecule has 0 atom stereocenters. The van der Waals surface area contributed by atoms with Crippen molar-refractivity contribution in [3.63, 3.8) is 0 Å². The quantitative estimate of drug-likeness (QED) is 0.474. The Morgan fingerprint density at radius 2 is 2.11 bits per heavy atom. The van der Waals surface area contributed by atoms with E-state index in [4.69, 9.17) is 10.3 Å². The fraction of sp³-hybridized carbons (Fsp3) is 0.333. The molecule has 0 aliphatic rings. The molecule has 0 saturated carbocycles. The highest BCUT2D eigenvalue weighted by atomic mass is 16.4. The van der Waals surface area contributed by atoms with Crippen LogP contribution in [0.4, 0.5) is 0 Å². The summed E-state index contributed by atoms with van der Waals surface area (Å²) >= 11 is 0. The van der Waals surface area contributed by atoms with Crippen molar-refractivity contribution < 1.29 is 9.21 Å². The number of amides is 1. The first-order valence-corrected chi connectivity index (χ1v) is 5.55. The summed E-state index contributed by atoms with van der Waals surface area (Å²) in [4.78, 5) is 23.4. The molecule has 1 aromatic heterocycles. The van der Waals surface area contributed by atoms with Crippen LogP contribution in [0.15, 0.2) is 33.5 Å². The Balaban J connectivity index is 2.46. The number of hydrazine groups is 1. The van der Waals surface area contributed by atoms with E-state index in [1.54, 1.807) is 32.0 Å². The third kappa shape index (κ3) is 2.02. The largest absolute Gasteiger partial charge is 0.419 e. The minimum Gasteiger partial charge on any atom is -0.408 e. The minimum absolute atomic E-state index is 0.200. The molecule has 1 amide bonds. The Morgan fingerprint density at radius 1 is 1.44 bits per heavy atom. The van der Waals surface area contributed by atoms with Gasteiger partial charge in [-0.15, -0.1) is 0 Å². The van der Waals surface area contributed by atoms with Gasteiger partial charge in [-0.1, -0.05) is 12.1 Å². The molecule has 2 rings (SSSR count). The molecule has 1 aromatic carbocycles. The fourth-order valence-electron chi connectivity index (χ4n) is 1.83. The number of nitrogens with one attached hydrogen (secondary N) is 1. The number of para-hydroxylation sites is 2. The molecule has 3 N–H and O–H groups in total. The summed E-state index contributed by atoms with van der Waals surface area (Å²) < 4.78 is 6.54. The van der Waals surface area contributed by atoms with Gasteiger partial charge in [0.15, 0.2) is 5.58 Å². The third-order valence-corrected chi connectivity index (χ3v) is 2.87. The van der Waals surface area contributed by atoms with E-state index >= 15 is 0 Å². The van der Waals surface area contributed by atoms with Crippen LogP contribution in [0.2, 0.25) is 0 Å². The van der Waals surface area contributed by atoms with Crippen LogP contribution in [-0.2, 0) is 11.3 Å². The number of aromatic nitrogens is 1. The van der Waals surface area contributed by atoms with Gasteiger partial charge in [0.25, 0.3) is 0 Å². The summed E-state index contributed by atoms with van der Waals surface area (Å²) in [7, 11) is 0. The highest BCUT2D eigenvalue weighted by molar-refractivity contribution is 5.81. The van der Waals surface area contributed by atoms with Gasteiger partial charge in [-0.05, 0) is 26.0 Å². The van der Waals surface area contributed by atoms with E-state index in [1.807, 2.05) is 6.07 Å². The van der Waals surface area contributed by atoms with E-state index in [-0.39, 0.29) is 12.5 Å². The summed E-state index contributed by atoms with van der Waals surface area (Å²) in [5.41, 5.74) is 2.47. The zero-order chi connectivity index (χ0) is 13.3. The van der Waals surface area contributed by atoms with Gasteiger partial charge < -0.3 is 4.42 Å². The van der Waals surface area contributed by atoms with Gasteiger partial charge in [-0.25, -0.2) is 10.6 Å². The first kappa shape index (κ1) is 12.4. The van der Waals surface area contributed by atoms with Crippen molar-refractivity contribution in [2.75, 3.05) is 0 Å². The van der Waals surface area contributed by atoms with Gasteiger partial charge >= 0.3 is 5.76 Å². The van der Waals surface area contributed by atoms with Crippen LogP contribution >= 0.6 is 0 Å². The minimum atomic E-state index is -0.800. The van der Waals surface area contributed by atoms with Crippen molar-refractivity contribution in [3.05, 3.63) is 34.8 Å². The zero-order valence-corrected chi connectivity index (χ0v) is 10.3. The average molecular weight is 249 g/mol. The van der Waals surface area contributed by atoms with Crippen LogP contribution in [0, 0.1) is 5.41 Å². The second-order valence-corrected chi connectivity index (χ2v) is 4.78. The maximum absolute atomic E-state index is 11.8. The summed E-state index contributed by atoms with van der Waals surface area (Å²) in [6.45, 7) is 3.62. The lowest BCUT2D eigenvalue weighted by molar-refractivity contribution is -0.130. The molecule has 1 heterocycles. The van der Waals surface area contributed by atoms with Gasteiger partial charge in [0, 0.05) is 6.54 Å². The van der Waals surface area contributed by atoms with Crippen LogP contribution in [0.25, 0.3) is 11.1 Å². The molecular weight excluding hydrogens is 234 g/mol. The van der Waals surface area contributed by atoms with Crippen LogP contribution in [-0.4, -0.2) is 10.5 Å². The lowest BCUT2D eigenvalue weighted by Gasteiger charge is -2.22. The standard InChI is InChI=1S/C12H15N3O3/c1-12(2,10(16)14-13)7-15-8-5-3-4-6-9(8)18-11(15)17/h3-6H,7,13H2,1-2H3,(H,14,16).